The fraction of sp³-hybridized carbons (Fsp3) is 0.273. The van der Waals surface area contributed by atoms with Crippen LogP contribution in [0.1, 0.15) is 17.5 Å². The van der Waals surface area contributed by atoms with Crippen molar-refractivity contribution in [2.24, 2.45) is 0 Å². The molecule has 0 radical (unpaired) electrons. The van der Waals surface area contributed by atoms with Gasteiger partial charge in [-0.1, -0.05) is 29.5 Å². The molecule has 0 atom stereocenters. The molecule has 0 unspecified atom stereocenters. The van der Waals surface area contributed by atoms with Crippen molar-refractivity contribution >= 4 is 11.6 Å². The standard InChI is InChI=1S/C11H11ClO/c1-9-5-6-10(8-11(9)12)4-2-3-7-13/h5-6,8,13H,3,7H2,1H3. The lowest BCUT2D eigenvalue weighted by Gasteiger charge is -1.96. The van der Waals surface area contributed by atoms with Gasteiger partial charge in [0.2, 0.25) is 0 Å². The molecule has 0 aliphatic heterocycles. The molecule has 0 saturated carbocycles. The minimum absolute atomic E-state index is 0.104. The summed E-state index contributed by atoms with van der Waals surface area (Å²) in [6, 6.07) is 5.69. The van der Waals surface area contributed by atoms with Crippen molar-refractivity contribution in [3.05, 3.63) is 34.3 Å². The maximum atomic E-state index is 8.51. The number of halogens is 1. The summed E-state index contributed by atoms with van der Waals surface area (Å²) in [6.07, 6.45) is 0.505. The summed E-state index contributed by atoms with van der Waals surface area (Å²) in [5.41, 5.74) is 1.94. The van der Waals surface area contributed by atoms with Gasteiger partial charge in [0.1, 0.15) is 0 Å². The average molecular weight is 195 g/mol. The van der Waals surface area contributed by atoms with Crippen LogP contribution in [0.15, 0.2) is 18.2 Å². The highest BCUT2D eigenvalue weighted by Crippen LogP contribution is 2.15. The van der Waals surface area contributed by atoms with Gasteiger partial charge in [0.15, 0.2) is 0 Å². The first-order valence-corrected chi connectivity index (χ1v) is 4.47. The summed E-state index contributed by atoms with van der Waals surface area (Å²) in [5, 5.41) is 9.25. The molecule has 1 aromatic carbocycles. The summed E-state index contributed by atoms with van der Waals surface area (Å²) in [4.78, 5) is 0. The van der Waals surface area contributed by atoms with Gasteiger partial charge in [0.05, 0.1) is 6.61 Å². The van der Waals surface area contributed by atoms with Gasteiger partial charge in [-0.05, 0) is 24.6 Å². The van der Waals surface area contributed by atoms with Crippen molar-refractivity contribution in [2.75, 3.05) is 6.61 Å². The van der Waals surface area contributed by atoms with Gasteiger partial charge in [-0.3, -0.25) is 0 Å². The molecule has 0 fully saturated rings. The Kier molecular flexibility index (Phi) is 3.82. The molecule has 0 saturated heterocycles. The summed E-state index contributed by atoms with van der Waals surface area (Å²) in [7, 11) is 0. The van der Waals surface area contributed by atoms with E-state index in [2.05, 4.69) is 11.8 Å². The van der Waals surface area contributed by atoms with E-state index < -0.39 is 0 Å². The molecular weight excluding hydrogens is 184 g/mol. The van der Waals surface area contributed by atoms with Gasteiger partial charge >= 0.3 is 0 Å². The normalized spacial score (nSPS) is 9.15. The zero-order valence-corrected chi connectivity index (χ0v) is 8.23. The molecule has 2 heteroatoms. The lowest BCUT2D eigenvalue weighted by atomic mass is 10.1. The van der Waals surface area contributed by atoms with E-state index in [1.807, 2.05) is 25.1 Å². The van der Waals surface area contributed by atoms with E-state index >= 15 is 0 Å². The van der Waals surface area contributed by atoms with Crippen LogP contribution in [0.3, 0.4) is 0 Å². The Balaban J connectivity index is 2.81. The van der Waals surface area contributed by atoms with E-state index in [1.165, 1.54) is 0 Å². The smallest absolute Gasteiger partial charge is 0.0540 e. The van der Waals surface area contributed by atoms with Gasteiger partial charge in [0, 0.05) is 17.0 Å². The average Bonchev–Trinajstić information content (AvgIpc) is 2.12. The highest BCUT2D eigenvalue weighted by atomic mass is 35.5. The third-order valence-electron chi connectivity index (χ3n) is 1.64. The number of aliphatic hydroxyl groups excluding tert-OH is 1. The SMILES string of the molecule is Cc1ccc(C#CCCO)cc1Cl. The minimum Gasteiger partial charge on any atom is -0.395 e. The fourth-order valence-electron chi connectivity index (χ4n) is 0.891. The highest BCUT2D eigenvalue weighted by Gasteiger charge is 1.93. The van der Waals surface area contributed by atoms with Gasteiger partial charge in [-0.15, -0.1) is 0 Å². The van der Waals surface area contributed by atoms with E-state index in [0.29, 0.717) is 6.42 Å². The van der Waals surface area contributed by atoms with Crippen molar-refractivity contribution < 1.29 is 5.11 Å². The number of rotatable bonds is 1. The molecule has 68 valence electrons. The molecule has 1 rings (SSSR count). The number of aliphatic hydroxyl groups is 1. The lowest BCUT2D eigenvalue weighted by Crippen LogP contribution is -1.80. The first kappa shape index (κ1) is 10.1. The van der Waals surface area contributed by atoms with Crippen LogP contribution in [-0.4, -0.2) is 11.7 Å². The maximum Gasteiger partial charge on any atom is 0.0540 e. The largest absolute Gasteiger partial charge is 0.395 e. The van der Waals surface area contributed by atoms with Crippen LogP contribution >= 0.6 is 11.6 Å². The van der Waals surface area contributed by atoms with E-state index in [9.17, 15) is 0 Å². The minimum atomic E-state index is 0.104. The first-order chi connectivity index (χ1) is 6.24. The van der Waals surface area contributed by atoms with Crippen LogP contribution in [0.5, 0.6) is 0 Å². The summed E-state index contributed by atoms with van der Waals surface area (Å²) in [5.74, 6) is 5.76. The van der Waals surface area contributed by atoms with Crippen LogP contribution in [0.2, 0.25) is 5.02 Å². The Morgan fingerprint density at radius 2 is 2.23 bits per heavy atom. The van der Waals surface area contributed by atoms with Crippen LogP contribution in [0, 0.1) is 18.8 Å². The summed E-state index contributed by atoms with van der Waals surface area (Å²) >= 11 is 5.91. The predicted octanol–water partition coefficient (Wildman–Crippen LogP) is 2.38. The van der Waals surface area contributed by atoms with Crippen molar-refractivity contribution in [3.63, 3.8) is 0 Å². The predicted molar refractivity (Wildman–Crippen MR) is 54.8 cm³/mol. The van der Waals surface area contributed by atoms with Crippen molar-refractivity contribution in [3.8, 4) is 11.8 Å². The number of hydrogen-bond donors (Lipinski definition) is 1. The molecule has 1 nitrogen and oxygen atoms in total. The lowest BCUT2D eigenvalue weighted by molar-refractivity contribution is 0.305. The highest BCUT2D eigenvalue weighted by molar-refractivity contribution is 6.31. The van der Waals surface area contributed by atoms with Gasteiger partial charge in [-0.2, -0.15) is 0 Å². The third-order valence-corrected chi connectivity index (χ3v) is 2.05. The van der Waals surface area contributed by atoms with Crippen molar-refractivity contribution in [1.82, 2.24) is 0 Å². The molecule has 0 bridgehead atoms. The molecule has 13 heavy (non-hydrogen) atoms. The second kappa shape index (κ2) is 4.91. The van der Waals surface area contributed by atoms with Gasteiger partial charge in [0.25, 0.3) is 0 Å². The Morgan fingerprint density at radius 3 is 2.85 bits per heavy atom. The van der Waals surface area contributed by atoms with E-state index in [-0.39, 0.29) is 6.61 Å². The zero-order valence-electron chi connectivity index (χ0n) is 7.47. The molecule has 0 aliphatic rings. The van der Waals surface area contributed by atoms with Crippen molar-refractivity contribution in [1.29, 1.82) is 0 Å². The third kappa shape index (κ3) is 3.10. The Labute approximate surface area is 83.4 Å². The summed E-state index contributed by atoms with van der Waals surface area (Å²) < 4.78 is 0. The Bertz CT molecular complexity index is 347. The zero-order chi connectivity index (χ0) is 9.68. The second-order valence-corrected chi connectivity index (χ2v) is 3.15. The molecule has 0 heterocycles. The molecule has 0 spiro atoms. The summed E-state index contributed by atoms with van der Waals surface area (Å²) in [6.45, 7) is 2.06. The monoisotopic (exact) mass is 194 g/mol. The molecule has 0 amide bonds. The number of hydrogen-bond acceptors (Lipinski definition) is 1. The van der Waals surface area contributed by atoms with Crippen LogP contribution in [-0.2, 0) is 0 Å². The second-order valence-electron chi connectivity index (χ2n) is 2.74. The van der Waals surface area contributed by atoms with Gasteiger partial charge in [-0.25, -0.2) is 0 Å². The maximum absolute atomic E-state index is 8.51. The first-order valence-electron chi connectivity index (χ1n) is 4.10. The van der Waals surface area contributed by atoms with E-state index in [1.54, 1.807) is 0 Å². The topological polar surface area (TPSA) is 20.2 Å². The molecular formula is C11H11ClO. The van der Waals surface area contributed by atoms with Crippen molar-refractivity contribution in [2.45, 2.75) is 13.3 Å². The number of aryl methyl sites for hydroxylation is 1. The van der Waals surface area contributed by atoms with Gasteiger partial charge < -0.3 is 5.11 Å². The van der Waals surface area contributed by atoms with E-state index in [0.717, 1.165) is 16.1 Å². The quantitative estimate of drug-likeness (QED) is 0.681. The molecule has 0 aromatic heterocycles. The Hall–Kier alpha value is -0.970. The fourth-order valence-corrected chi connectivity index (χ4v) is 1.07. The van der Waals surface area contributed by atoms with Crippen LogP contribution in [0.25, 0.3) is 0 Å². The Morgan fingerprint density at radius 1 is 1.46 bits per heavy atom. The molecule has 1 N–H and O–H groups in total. The number of benzene rings is 1. The molecule has 0 aliphatic carbocycles. The van der Waals surface area contributed by atoms with Crippen LogP contribution in [0.4, 0.5) is 0 Å². The van der Waals surface area contributed by atoms with E-state index in [4.69, 9.17) is 16.7 Å². The molecule has 1 aromatic rings. The van der Waals surface area contributed by atoms with Crippen LogP contribution < -0.4 is 0 Å².